The maximum Gasteiger partial charge on any atom is 0.268 e. The molecule has 5 rings (SSSR count). The van der Waals surface area contributed by atoms with E-state index in [1.165, 1.54) is 24.4 Å². The highest BCUT2D eigenvalue weighted by atomic mass is 35.5. The minimum atomic E-state index is -0.610. The minimum Gasteiger partial charge on any atom is -0.455 e. The van der Waals surface area contributed by atoms with E-state index in [0.717, 1.165) is 35.9 Å². The SMILES string of the molecule is C[C@@H]1CNCCN1c1ccc(Nc2ncc3c(n2)OCN(c2c(F)cccc2Cl)C3=O)cc1. The molecule has 2 aliphatic heterocycles. The molecule has 8 nitrogen and oxygen atoms in total. The van der Waals surface area contributed by atoms with Crippen LogP contribution < -0.4 is 25.2 Å². The van der Waals surface area contributed by atoms with Crippen LogP contribution in [0.15, 0.2) is 48.7 Å². The first kappa shape index (κ1) is 21.4. The quantitative estimate of drug-likeness (QED) is 0.602. The van der Waals surface area contributed by atoms with Crippen LogP contribution in [-0.2, 0) is 0 Å². The van der Waals surface area contributed by atoms with Gasteiger partial charge in [0.15, 0.2) is 6.73 Å². The third kappa shape index (κ3) is 4.17. The Balaban J connectivity index is 1.32. The van der Waals surface area contributed by atoms with Gasteiger partial charge in [-0.2, -0.15) is 4.98 Å². The number of carbonyl (C=O) groups excluding carboxylic acids is 1. The van der Waals surface area contributed by atoms with Crippen LogP contribution in [0.25, 0.3) is 0 Å². The molecule has 2 aromatic carbocycles. The number of benzene rings is 2. The van der Waals surface area contributed by atoms with Gasteiger partial charge < -0.3 is 20.3 Å². The van der Waals surface area contributed by atoms with Crippen molar-refractivity contribution in [3.05, 3.63) is 65.1 Å². The molecule has 1 amide bonds. The number of anilines is 4. The van der Waals surface area contributed by atoms with Gasteiger partial charge in [-0.1, -0.05) is 17.7 Å². The van der Waals surface area contributed by atoms with E-state index in [1.54, 1.807) is 0 Å². The van der Waals surface area contributed by atoms with E-state index in [1.807, 2.05) is 12.1 Å². The number of hydrogen-bond acceptors (Lipinski definition) is 7. The Labute approximate surface area is 195 Å². The van der Waals surface area contributed by atoms with Crippen molar-refractivity contribution >= 4 is 40.5 Å². The zero-order valence-electron chi connectivity index (χ0n) is 17.9. The van der Waals surface area contributed by atoms with E-state index < -0.39 is 11.7 Å². The molecule has 3 heterocycles. The number of hydrogen-bond donors (Lipinski definition) is 2. The maximum absolute atomic E-state index is 14.3. The van der Waals surface area contributed by atoms with Crippen LogP contribution in [0.3, 0.4) is 0 Å². The Morgan fingerprint density at radius 1 is 1.24 bits per heavy atom. The fraction of sp³-hybridized carbons (Fsp3) is 0.261. The topological polar surface area (TPSA) is 82.6 Å². The number of nitrogens with zero attached hydrogens (tertiary/aromatic N) is 4. The van der Waals surface area contributed by atoms with Crippen LogP contribution in [0.2, 0.25) is 5.02 Å². The molecule has 0 radical (unpaired) electrons. The van der Waals surface area contributed by atoms with Crippen molar-refractivity contribution in [3.8, 4) is 5.88 Å². The monoisotopic (exact) mass is 468 g/mol. The smallest absolute Gasteiger partial charge is 0.268 e. The summed E-state index contributed by atoms with van der Waals surface area (Å²) in [7, 11) is 0. The van der Waals surface area contributed by atoms with Crippen molar-refractivity contribution in [1.82, 2.24) is 15.3 Å². The summed E-state index contributed by atoms with van der Waals surface area (Å²) in [6.07, 6.45) is 1.37. The van der Waals surface area contributed by atoms with Gasteiger partial charge in [0.2, 0.25) is 11.8 Å². The van der Waals surface area contributed by atoms with Crippen molar-refractivity contribution in [2.24, 2.45) is 0 Å². The first-order valence-corrected chi connectivity index (χ1v) is 11.0. The number of ether oxygens (including phenoxy) is 1. The summed E-state index contributed by atoms with van der Waals surface area (Å²) in [6.45, 7) is 4.87. The number of amides is 1. The summed E-state index contributed by atoms with van der Waals surface area (Å²) < 4.78 is 19.9. The summed E-state index contributed by atoms with van der Waals surface area (Å²) in [6, 6.07) is 12.7. The lowest BCUT2D eigenvalue weighted by atomic mass is 10.1. The first-order chi connectivity index (χ1) is 16.0. The van der Waals surface area contributed by atoms with Gasteiger partial charge in [0.05, 0.1) is 5.02 Å². The summed E-state index contributed by atoms with van der Waals surface area (Å²) in [5.41, 5.74) is 2.07. The molecule has 1 fully saturated rings. The van der Waals surface area contributed by atoms with Crippen molar-refractivity contribution in [1.29, 1.82) is 0 Å². The Bertz CT molecular complexity index is 1170. The zero-order chi connectivity index (χ0) is 22.9. The molecule has 0 saturated carbocycles. The van der Waals surface area contributed by atoms with Gasteiger partial charge in [-0.15, -0.1) is 0 Å². The first-order valence-electron chi connectivity index (χ1n) is 10.6. The van der Waals surface area contributed by atoms with Crippen LogP contribution in [0.1, 0.15) is 17.3 Å². The van der Waals surface area contributed by atoms with Crippen LogP contribution >= 0.6 is 11.6 Å². The van der Waals surface area contributed by atoms with Crippen LogP contribution in [-0.4, -0.2) is 48.3 Å². The molecular formula is C23H22ClFN6O2. The molecule has 3 aromatic rings. The summed E-state index contributed by atoms with van der Waals surface area (Å²) in [5.74, 6) is -0.667. The Morgan fingerprint density at radius 2 is 2.06 bits per heavy atom. The van der Waals surface area contributed by atoms with Gasteiger partial charge in [0.25, 0.3) is 5.91 Å². The van der Waals surface area contributed by atoms with Gasteiger partial charge in [-0.05, 0) is 43.3 Å². The molecule has 1 saturated heterocycles. The predicted octanol–water partition coefficient (Wildman–Crippen LogP) is 3.81. The number of fused-ring (bicyclic) bond motifs is 1. The number of nitrogens with one attached hydrogen (secondary N) is 2. The molecule has 0 unspecified atom stereocenters. The standard InChI is InChI=1S/C23H22ClFN6O2/c1-14-11-26-9-10-30(14)16-7-5-15(6-8-16)28-23-27-12-17-21(29-23)33-13-31(22(17)32)20-18(24)3-2-4-19(20)25/h2-8,12,14,26H,9-11,13H2,1H3,(H,27,28,29)/t14-/m1/s1. The predicted molar refractivity (Wildman–Crippen MR) is 125 cm³/mol. The third-order valence-corrected chi connectivity index (χ3v) is 6.03. The van der Waals surface area contributed by atoms with E-state index in [2.05, 4.69) is 44.6 Å². The lowest BCUT2D eigenvalue weighted by Crippen LogP contribution is -2.49. The molecule has 1 atom stereocenters. The largest absolute Gasteiger partial charge is 0.455 e. The van der Waals surface area contributed by atoms with Crippen molar-refractivity contribution < 1.29 is 13.9 Å². The van der Waals surface area contributed by atoms with E-state index in [-0.39, 0.29) is 28.9 Å². The number of aromatic nitrogens is 2. The highest BCUT2D eigenvalue weighted by Gasteiger charge is 2.31. The number of halogens is 2. The molecule has 0 aliphatic carbocycles. The average molecular weight is 469 g/mol. The average Bonchev–Trinajstić information content (AvgIpc) is 2.81. The number of piperazine rings is 1. The second-order valence-electron chi connectivity index (χ2n) is 7.91. The number of carbonyl (C=O) groups is 1. The number of para-hydroxylation sites is 1. The second kappa shape index (κ2) is 8.84. The van der Waals surface area contributed by atoms with E-state index >= 15 is 0 Å². The minimum absolute atomic E-state index is 0.0316. The Morgan fingerprint density at radius 3 is 2.82 bits per heavy atom. The molecule has 33 heavy (non-hydrogen) atoms. The van der Waals surface area contributed by atoms with Crippen molar-refractivity contribution in [3.63, 3.8) is 0 Å². The highest BCUT2D eigenvalue weighted by Crippen LogP contribution is 2.34. The van der Waals surface area contributed by atoms with Gasteiger partial charge in [-0.3, -0.25) is 9.69 Å². The zero-order valence-corrected chi connectivity index (χ0v) is 18.6. The molecule has 170 valence electrons. The van der Waals surface area contributed by atoms with Gasteiger partial charge in [0.1, 0.15) is 17.1 Å². The van der Waals surface area contributed by atoms with E-state index in [4.69, 9.17) is 16.3 Å². The Kier molecular flexibility index (Phi) is 5.74. The molecule has 0 spiro atoms. The summed E-state index contributed by atoms with van der Waals surface area (Å²) >= 11 is 6.10. The Hall–Kier alpha value is -3.43. The normalized spacial score (nSPS) is 18.0. The molecule has 2 aliphatic rings. The molecule has 2 N–H and O–H groups in total. The van der Waals surface area contributed by atoms with E-state index in [9.17, 15) is 9.18 Å². The van der Waals surface area contributed by atoms with Crippen LogP contribution in [0, 0.1) is 5.82 Å². The second-order valence-corrected chi connectivity index (χ2v) is 8.31. The van der Waals surface area contributed by atoms with Crippen LogP contribution in [0.4, 0.5) is 27.4 Å². The van der Waals surface area contributed by atoms with E-state index in [0.29, 0.717) is 12.0 Å². The number of rotatable bonds is 4. The van der Waals surface area contributed by atoms with Gasteiger partial charge in [-0.25, -0.2) is 9.37 Å². The lowest BCUT2D eigenvalue weighted by molar-refractivity contribution is 0.0931. The third-order valence-electron chi connectivity index (χ3n) is 5.72. The molecule has 1 aromatic heterocycles. The van der Waals surface area contributed by atoms with Gasteiger partial charge in [0, 0.05) is 43.2 Å². The van der Waals surface area contributed by atoms with Crippen molar-refractivity contribution in [2.45, 2.75) is 13.0 Å². The molecule has 0 bridgehead atoms. The highest BCUT2D eigenvalue weighted by molar-refractivity contribution is 6.34. The van der Waals surface area contributed by atoms with Crippen molar-refractivity contribution in [2.75, 3.05) is 41.5 Å². The van der Waals surface area contributed by atoms with Crippen LogP contribution in [0.5, 0.6) is 5.88 Å². The molecule has 10 heteroatoms. The maximum atomic E-state index is 14.3. The lowest BCUT2D eigenvalue weighted by Gasteiger charge is -2.36. The summed E-state index contributed by atoms with van der Waals surface area (Å²) in [4.78, 5) is 25.0. The molecular weight excluding hydrogens is 447 g/mol. The fourth-order valence-corrected chi connectivity index (χ4v) is 4.28. The summed E-state index contributed by atoms with van der Waals surface area (Å²) in [5, 5.41) is 6.64. The fourth-order valence-electron chi connectivity index (χ4n) is 4.02. The van der Waals surface area contributed by atoms with Gasteiger partial charge >= 0.3 is 0 Å².